The Kier molecular flexibility index (Phi) is 8.12. The number of halogens is 1. The average molecular weight is 431 g/mol. The molecule has 0 saturated carbocycles. The molecule has 3 rings (SSSR count). The van der Waals surface area contributed by atoms with Gasteiger partial charge >= 0.3 is 0 Å². The second-order valence-corrected chi connectivity index (χ2v) is 6.77. The van der Waals surface area contributed by atoms with Crippen LogP contribution in [0.3, 0.4) is 0 Å². The van der Waals surface area contributed by atoms with Gasteiger partial charge in [-0.05, 0) is 42.7 Å². The van der Waals surface area contributed by atoms with E-state index in [0.717, 1.165) is 16.7 Å². The van der Waals surface area contributed by atoms with E-state index in [4.69, 9.17) is 15.2 Å². The molecular weight excluding hydrogens is 404 g/mol. The summed E-state index contributed by atoms with van der Waals surface area (Å²) in [4.78, 5) is 12.5. The first-order valence-corrected chi connectivity index (χ1v) is 9.38. The van der Waals surface area contributed by atoms with Gasteiger partial charge in [0.2, 0.25) is 5.91 Å². The number of hydrogen-bond donors (Lipinski definition) is 2. The first-order chi connectivity index (χ1) is 14.0. The van der Waals surface area contributed by atoms with E-state index in [1.165, 1.54) is 0 Å². The molecular formula is C22H27ClN4O3. The van der Waals surface area contributed by atoms with Gasteiger partial charge in [-0.25, -0.2) is 4.68 Å². The number of carbonyl (C=O) groups excluding carboxylic acids is 1. The van der Waals surface area contributed by atoms with Crippen molar-refractivity contribution in [2.24, 2.45) is 0 Å². The fourth-order valence-corrected chi connectivity index (χ4v) is 3.12. The number of aryl methyl sites for hydroxylation is 2. The fourth-order valence-electron chi connectivity index (χ4n) is 3.12. The molecule has 0 fully saturated rings. The van der Waals surface area contributed by atoms with Crippen LogP contribution in [0.15, 0.2) is 48.7 Å². The molecule has 30 heavy (non-hydrogen) atoms. The number of rotatable bonds is 8. The van der Waals surface area contributed by atoms with Gasteiger partial charge < -0.3 is 20.5 Å². The van der Waals surface area contributed by atoms with Crippen molar-refractivity contribution < 1.29 is 14.3 Å². The lowest BCUT2D eigenvalue weighted by Crippen LogP contribution is -2.17. The maximum Gasteiger partial charge on any atom is 0.225 e. The Balaban J connectivity index is 0.00000320. The van der Waals surface area contributed by atoms with E-state index in [1.807, 2.05) is 49.4 Å². The van der Waals surface area contributed by atoms with Gasteiger partial charge in [0, 0.05) is 17.7 Å². The van der Waals surface area contributed by atoms with Crippen LogP contribution in [0.4, 0.5) is 11.5 Å². The summed E-state index contributed by atoms with van der Waals surface area (Å²) in [7, 11) is 3.20. The molecule has 0 saturated heterocycles. The molecule has 3 aromatic rings. The quantitative estimate of drug-likeness (QED) is 0.530. The predicted molar refractivity (Wildman–Crippen MR) is 121 cm³/mol. The summed E-state index contributed by atoms with van der Waals surface area (Å²) in [6, 6.07) is 13.3. The standard InChI is InChI=1S/C22H26N4O3.ClH/c1-15-13-24-26(14-16-8-10-19(28-2)20(12-16)29-3)22(15)25-21(27)11-9-17-6-4-5-7-18(17)23;/h4-8,10,12-13H,9,11,14,23H2,1-3H3,(H,25,27);1H. The van der Waals surface area contributed by atoms with E-state index in [9.17, 15) is 4.79 Å². The predicted octanol–water partition coefficient (Wildman–Crippen LogP) is 3.83. The molecule has 8 heteroatoms. The molecule has 0 bridgehead atoms. The molecule has 0 radical (unpaired) electrons. The number of carbonyl (C=O) groups is 1. The minimum Gasteiger partial charge on any atom is -0.493 e. The van der Waals surface area contributed by atoms with Gasteiger partial charge in [0.25, 0.3) is 0 Å². The van der Waals surface area contributed by atoms with Gasteiger partial charge in [0.15, 0.2) is 11.5 Å². The molecule has 160 valence electrons. The zero-order chi connectivity index (χ0) is 20.8. The number of nitrogens with one attached hydrogen (secondary N) is 1. The monoisotopic (exact) mass is 430 g/mol. The van der Waals surface area contributed by atoms with Gasteiger partial charge in [-0.2, -0.15) is 5.10 Å². The van der Waals surface area contributed by atoms with Crippen LogP contribution >= 0.6 is 12.4 Å². The van der Waals surface area contributed by atoms with E-state index in [1.54, 1.807) is 25.1 Å². The van der Waals surface area contributed by atoms with Gasteiger partial charge in [-0.1, -0.05) is 24.3 Å². The highest BCUT2D eigenvalue weighted by molar-refractivity contribution is 5.90. The number of nitrogens with zero attached hydrogens (tertiary/aromatic N) is 2. The summed E-state index contributed by atoms with van der Waals surface area (Å²) in [5.41, 5.74) is 9.52. The third-order valence-corrected chi connectivity index (χ3v) is 4.74. The van der Waals surface area contributed by atoms with Gasteiger partial charge in [-0.3, -0.25) is 4.79 Å². The third kappa shape index (κ3) is 5.45. The molecule has 0 aliphatic carbocycles. The first-order valence-electron chi connectivity index (χ1n) is 9.38. The van der Waals surface area contributed by atoms with Crippen molar-refractivity contribution in [3.05, 3.63) is 65.4 Å². The number of aromatic nitrogens is 2. The number of methoxy groups -OCH3 is 2. The minimum absolute atomic E-state index is 0. The number of benzene rings is 2. The zero-order valence-electron chi connectivity index (χ0n) is 17.3. The molecule has 7 nitrogen and oxygen atoms in total. The van der Waals surface area contributed by atoms with Crippen molar-refractivity contribution >= 4 is 29.8 Å². The SMILES string of the molecule is COc1ccc(Cn2ncc(C)c2NC(=O)CCc2ccccc2N)cc1OC.Cl. The average Bonchev–Trinajstić information content (AvgIpc) is 3.06. The van der Waals surface area contributed by atoms with Gasteiger partial charge in [0.05, 0.1) is 27.0 Å². The second kappa shape index (κ2) is 10.5. The summed E-state index contributed by atoms with van der Waals surface area (Å²) in [5, 5.41) is 7.39. The van der Waals surface area contributed by atoms with E-state index >= 15 is 0 Å². The van der Waals surface area contributed by atoms with Crippen molar-refractivity contribution in [3.8, 4) is 11.5 Å². The number of anilines is 2. The minimum atomic E-state index is -0.0783. The highest BCUT2D eigenvalue weighted by Gasteiger charge is 2.13. The Morgan fingerprint density at radius 1 is 1.13 bits per heavy atom. The lowest BCUT2D eigenvalue weighted by Gasteiger charge is -2.13. The zero-order valence-corrected chi connectivity index (χ0v) is 18.2. The van der Waals surface area contributed by atoms with E-state index in [0.29, 0.717) is 42.4 Å². The Labute approximate surface area is 182 Å². The van der Waals surface area contributed by atoms with Crippen LogP contribution in [0, 0.1) is 6.92 Å². The van der Waals surface area contributed by atoms with Crippen molar-refractivity contribution in [1.82, 2.24) is 9.78 Å². The molecule has 1 aromatic heterocycles. The number of para-hydroxylation sites is 1. The molecule has 1 amide bonds. The van der Waals surface area contributed by atoms with Gasteiger partial charge in [0.1, 0.15) is 5.82 Å². The molecule has 0 spiro atoms. The molecule has 0 aliphatic heterocycles. The largest absolute Gasteiger partial charge is 0.493 e. The number of nitrogens with two attached hydrogens (primary N) is 1. The van der Waals surface area contributed by atoms with Crippen LogP contribution in [0.1, 0.15) is 23.1 Å². The molecule has 1 heterocycles. The van der Waals surface area contributed by atoms with Crippen molar-refractivity contribution in [3.63, 3.8) is 0 Å². The maximum atomic E-state index is 12.5. The van der Waals surface area contributed by atoms with Crippen molar-refractivity contribution in [1.29, 1.82) is 0 Å². The summed E-state index contributed by atoms with van der Waals surface area (Å²) in [6.07, 6.45) is 2.67. The Morgan fingerprint density at radius 3 is 2.57 bits per heavy atom. The molecule has 2 aromatic carbocycles. The Morgan fingerprint density at radius 2 is 1.87 bits per heavy atom. The maximum absolute atomic E-state index is 12.5. The second-order valence-electron chi connectivity index (χ2n) is 6.77. The summed E-state index contributed by atoms with van der Waals surface area (Å²) >= 11 is 0. The number of hydrogen-bond acceptors (Lipinski definition) is 5. The van der Waals surface area contributed by atoms with Crippen LogP contribution in [0.5, 0.6) is 11.5 Å². The fraction of sp³-hybridized carbons (Fsp3) is 0.273. The summed E-state index contributed by atoms with van der Waals surface area (Å²) in [5.74, 6) is 1.93. The van der Waals surface area contributed by atoms with E-state index < -0.39 is 0 Å². The topological polar surface area (TPSA) is 91.4 Å². The molecule has 0 atom stereocenters. The first kappa shape index (κ1) is 23.1. The number of amides is 1. The van der Waals surface area contributed by atoms with Crippen LogP contribution in [0.25, 0.3) is 0 Å². The molecule has 3 N–H and O–H groups in total. The van der Waals surface area contributed by atoms with Crippen molar-refractivity contribution in [2.75, 3.05) is 25.3 Å². The lowest BCUT2D eigenvalue weighted by atomic mass is 10.1. The highest BCUT2D eigenvalue weighted by atomic mass is 35.5. The van der Waals surface area contributed by atoms with Crippen LogP contribution < -0.4 is 20.5 Å². The molecule has 0 aliphatic rings. The highest BCUT2D eigenvalue weighted by Crippen LogP contribution is 2.28. The smallest absolute Gasteiger partial charge is 0.225 e. The van der Waals surface area contributed by atoms with Gasteiger partial charge in [-0.15, -0.1) is 12.4 Å². The third-order valence-electron chi connectivity index (χ3n) is 4.74. The van der Waals surface area contributed by atoms with Crippen LogP contribution in [-0.4, -0.2) is 29.9 Å². The number of nitrogen functional groups attached to an aromatic ring is 1. The molecule has 0 unspecified atom stereocenters. The normalized spacial score (nSPS) is 10.2. The Bertz CT molecular complexity index is 1000. The van der Waals surface area contributed by atoms with Crippen LogP contribution in [0.2, 0.25) is 0 Å². The van der Waals surface area contributed by atoms with E-state index in [-0.39, 0.29) is 18.3 Å². The number of ether oxygens (including phenoxy) is 2. The Hall–Kier alpha value is -3.19. The van der Waals surface area contributed by atoms with E-state index in [2.05, 4.69) is 10.4 Å². The summed E-state index contributed by atoms with van der Waals surface area (Å²) < 4.78 is 12.4. The van der Waals surface area contributed by atoms with Crippen LogP contribution in [-0.2, 0) is 17.8 Å². The summed E-state index contributed by atoms with van der Waals surface area (Å²) in [6.45, 7) is 2.42. The van der Waals surface area contributed by atoms with Crippen molar-refractivity contribution in [2.45, 2.75) is 26.3 Å². The lowest BCUT2D eigenvalue weighted by molar-refractivity contribution is -0.116.